The predicted molar refractivity (Wildman–Crippen MR) is 180 cm³/mol. The van der Waals surface area contributed by atoms with Gasteiger partial charge in [0.1, 0.15) is 15.8 Å². The van der Waals surface area contributed by atoms with Crippen LogP contribution in [-0.4, -0.2) is 24.4 Å². The molecule has 0 spiro atoms. The van der Waals surface area contributed by atoms with Gasteiger partial charge in [-0.05, 0) is 53.9 Å². The summed E-state index contributed by atoms with van der Waals surface area (Å²) in [6.07, 6.45) is 0.207. The largest absolute Gasteiger partial charge is 0.462 e. The van der Waals surface area contributed by atoms with Crippen LogP contribution >= 0.6 is 34.7 Å². The molecular weight excluding hydrogens is 612 g/mol. The van der Waals surface area contributed by atoms with Gasteiger partial charge in [0.25, 0.3) is 0 Å². The molecule has 1 unspecified atom stereocenters. The fraction of sp³-hybridized carbons (Fsp3) is 0.114. The topological polar surface area (TPSA) is 84.5 Å². The van der Waals surface area contributed by atoms with Crippen molar-refractivity contribution in [3.8, 4) is 11.1 Å². The van der Waals surface area contributed by atoms with E-state index in [4.69, 9.17) is 16.3 Å². The van der Waals surface area contributed by atoms with Gasteiger partial charge in [-0.15, -0.1) is 23.1 Å². The molecule has 1 atom stereocenters. The first-order valence-electron chi connectivity index (χ1n) is 13.9. The zero-order valence-electron chi connectivity index (χ0n) is 23.8. The number of halogens is 1. The van der Waals surface area contributed by atoms with Gasteiger partial charge in [0.15, 0.2) is 0 Å². The quantitative estimate of drug-likeness (QED) is 0.111. The zero-order chi connectivity index (χ0) is 30.9. The van der Waals surface area contributed by atoms with Gasteiger partial charge in [0.2, 0.25) is 11.8 Å². The number of carbonyl (C=O) groups excluding carboxylic acids is 3. The summed E-state index contributed by atoms with van der Waals surface area (Å²) in [4.78, 5) is 40.5. The number of nitrogens with one attached hydrogen (secondary N) is 2. The van der Waals surface area contributed by atoms with Crippen molar-refractivity contribution in [3.05, 3.63) is 136 Å². The number of anilines is 2. The molecule has 0 saturated carbocycles. The van der Waals surface area contributed by atoms with Crippen LogP contribution in [0.25, 0.3) is 11.1 Å². The smallest absolute Gasteiger partial charge is 0.341 e. The van der Waals surface area contributed by atoms with E-state index in [0.717, 1.165) is 21.6 Å². The summed E-state index contributed by atoms with van der Waals surface area (Å²) < 4.78 is 5.37. The van der Waals surface area contributed by atoms with E-state index < -0.39 is 11.2 Å². The third kappa shape index (κ3) is 7.96. The molecule has 9 heteroatoms. The number of ether oxygens (including phenoxy) is 1. The van der Waals surface area contributed by atoms with Crippen LogP contribution in [0.2, 0.25) is 5.02 Å². The lowest BCUT2D eigenvalue weighted by Gasteiger charge is -2.18. The van der Waals surface area contributed by atoms with Gasteiger partial charge in [-0.25, -0.2) is 4.79 Å². The predicted octanol–water partition coefficient (Wildman–Crippen LogP) is 8.90. The maximum atomic E-state index is 13.9. The summed E-state index contributed by atoms with van der Waals surface area (Å²) in [5, 5.41) is 8.21. The molecule has 2 N–H and O–H groups in total. The molecule has 1 aromatic heterocycles. The molecule has 0 saturated heterocycles. The normalized spacial score (nSPS) is 11.4. The first-order chi connectivity index (χ1) is 21.4. The SMILES string of the molecule is CCOC(=O)c1c(-c2ccccc2)csc1NC(=O)C(Sc1cccc(NC(=O)Cc2ccc(Cl)cc2)c1)c1ccccc1. The van der Waals surface area contributed by atoms with Gasteiger partial charge in [0, 0.05) is 26.5 Å². The molecule has 0 aliphatic rings. The summed E-state index contributed by atoms with van der Waals surface area (Å²) in [6, 6.07) is 33.5. The van der Waals surface area contributed by atoms with Crippen LogP contribution in [0.1, 0.15) is 33.7 Å². The molecule has 222 valence electrons. The van der Waals surface area contributed by atoms with Crippen molar-refractivity contribution in [3.63, 3.8) is 0 Å². The van der Waals surface area contributed by atoms with E-state index in [2.05, 4.69) is 10.6 Å². The molecule has 0 fully saturated rings. The molecule has 5 aromatic rings. The molecule has 2 amide bonds. The highest BCUT2D eigenvalue weighted by Crippen LogP contribution is 2.40. The van der Waals surface area contributed by atoms with Crippen LogP contribution in [-0.2, 0) is 20.7 Å². The molecule has 0 aliphatic heterocycles. The molecule has 1 heterocycles. The van der Waals surface area contributed by atoms with Gasteiger partial charge in [-0.2, -0.15) is 0 Å². The Morgan fingerprint density at radius 1 is 0.864 bits per heavy atom. The number of thioether (sulfide) groups is 1. The highest BCUT2D eigenvalue weighted by molar-refractivity contribution is 8.00. The lowest BCUT2D eigenvalue weighted by Crippen LogP contribution is -2.20. The first kappa shape index (κ1) is 31.1. The summed E-state index contributed by atoms with van der Waals surface area (Å²) >= 11 is 8.60. The fourth-order valence-electron chi connectivity index (χ4n) is 4.54. The van der Waals surface area contributed by atoms with Gasteiger partial charge in [-0.3, -0.25) is 9.59 Å². The number of rotatable bonds is 11. The van der Waals surface area contributed by atoms with E-state index in [1.807, 2.05) is 102 Å². The average Bonchev–Trinajstić information content (AvgIpc) is 3.45. The van der Waals surface area contributed by atoms with Gasteiger partial charge < -0.3 is 15.4 Å². The third-order valence-electron chi connectivity index (χ3n) is 6.58. The highest BCUT2D eigenvalue weighted by atomic mass is 35.5. The molecule has 0 bridgehead atoms. The fourth-order valence-corrected chi connectivity index (χ4v) is 6.71. The Morgan fingerprint density at radius 3 is 2.27 bits per heavy atom. The van der Waals surface area contributed by atoms with E-state index in [0.29, 0.717) is 26.8 Å². The Kier molecular flexibility index (Phi) is 10.5. The average molecular weight is 641 g/mol. The standard InChI is InChI=1S/C35H29ClN2O4S2/c1-2-42-35(41)31-29(24-10-5-3-6-11-24)22-43-34(31)38-33(40)32(25-12-7-4-8-13-25)44-28-15-9-14-27(21-28)37-30(39)20-23-16-18-26(36)19-17-23/h3-19,21-22,32H,2,20H2,1H3,(H,37,39)(H,38,40). The number of esters is 1. The Labute approximate surface area is 269 Å². The summed E-state index contributed by atoms with van der Waals surface area (Å²) in [7, 11) is 0. The van der Waals surface area contributed by atoms with Crippen molar-refractivity contribution >= 4 is 63.2 Å². The number of benzene rings is 4. The number of amides is 2. The number of hydrogen-bond donors (Lipinski definition) is 2. The highest BCUT2D eigenvalue weighted by Gasteiger charge is 2.27. The van der Waals surface area contributed by atoms with Crippen molar-refractivity contribution in [2.75, 3.05) is 17.2 Å². The molecule has 6 nitrogen and oxygen atoms in total. The first-order valence-corrected chi connectivity index (χ1v) is 16.1. The Hall–Kier alpha value is -4.37. The van der Waals surface area contributed by atoms with Gasteiger partial charge >= 0.3 is 5.97 Å². The monoisotopic (exact) mass is 640 g/mol. The Morgan fingerprint density at radius 2 is 1.57 bits per heavy atom. The number of hydrogen-bond acceptors (Lipinski definition) is 6. The molecular formula is C35H29ClN2O4S2. The van der Waals surface area contributed by atoms with Crippen molar-refractivity contribution < 1.29 is 19.1 Å². The zero-order valence-corrected chi connectivity index (χ0v) is 26.2. The Bertz CT molecular complexity index is 1740. The summed E-state index contributed by atoms with van der Waals surface area (Å²) in [6.45, 7) is 1.96. The maximum absolute atomic E-state index is 13.9. The van der Waals surface area contributed by atoms with Crippen LogP contribution in [0.3, 0.4) is 0 Å². The van der Waals surface area contributed by atoms with Crippen molar-refractivity contribution in [1.82, 2.24) is 0 Å². The van der Waals surface area contributed by atoms with Crippen LogP contribution in [0, 0.1) is 0 Å². The molecule has 0 aliphatic carbocycles. The molecule has 5 rings (SSSR count). The van der Waals surface area contributed by atoms with Gasteiger partial charge in [0.05, 0.1) is 13.0 Å². The van der Waals surface area contributed by atoms with E-state index in [1.54, 1.807) is 19.1 Å². The van der Waals surface area contributed by atoms with Crippen molar-refractivity contribution in [1.29, 1.82) is 0 Å². The van der Waals surface area contributed by atoms with Crippen LogP contribution in [0.4, 0.5) is 10.7 Å². The summed E-state index contributed by atoms with van der Waals surface area (Å²) in [5.74, 6) is -0.940. The maximum Gasteiger partial charge on any atom is 0.341 e. The minimum Gasteiger partial charge on any atom is -0.462 e. The molecule has 0 radical (unpaired) electrons. The van der Waals surface area contributed by atoms with E-state index >= 15 is 0 Å². The second-order valence-electron chi connectivity index (χ2n) is 9.72. The van der Waals surface area contributed by atoms with Crippen LogP contribution in [0.5, 0.6) is 0 Å². The van der Waals surface area contributed by atoms with Crippen molar-refractivity contribution in [2.45, 2.75) is 23.5 Å². The lowest BCUT2D eigenvalue weighted by atomic mass is 10.0. The Balaban J connectivity index is 1.38. The van der Waals surface area contributed by atoms with Crippen LogP contribution in [0.15, 0.2) is 119 Å². The van der Waals surface area contributed by atoms with Crippen LogP contribution < -0.4 is 10.6 Å². The second kappa shape index (κ2) is 14.9. The third-order valence-corrected chi connectivity index (χ3v) is 8.98. The molecule has 44 heavy (non-hydrogen) atoms. The van der Waals surface area contributed by atoms with Crippen molar-refractivity contribution in [2.24, 2.45) is 0 Å². The minimum atomic E-state index is -0.645. The molecule has 4 aromatic carbocycles. The van der Waals surface area contributed by atoms with E-state index in [-0.39, 0.29) is 24.8 Å². The lowest BCUT2D eigenvalue weighted by molar-refractivity contribution is -0.116. The van der Waals surface area contributed by atoms with E-state index in [1.165, 1.54) is 23.1 Å². The van der Waals surface area contributed by atoms with E-state index in [9.17, 15) is 14.4 Å². The minimum absolute atomic E-state index is 0.162. The second-order valence-corrected chi connectivity index (χ2v) is 12.2. The number of carbonyl (C=O) groups is 3. The number of thiophene rings is 1. The summed E-state index contributed by atoms with van der Waals surface area (Å²) in [5.41, 5.74) is 4.16. The van der Waals surface area contributed by atoms with Gasteiger partial charge in [-0.1, -0.05) is 90.5 Å².